The molecule has 0 saturated heterocycles. The Labute approximate surface area is 133 Å². The fraction of sp³-hybridized carbons (Fsp3) is 0.947. The van der Waals surface area contributed by atoms with Crippen LogP contribution in [-0.2, 0) is 4.79 Å². The molecule has 0 heterocycles. The molecule has 0 aromatic rings. The largest absolute Gasteiger partial charge is 0.393 e. The van der Waals surface area contributed by atoms with E-state index in [1.54, 1.807) is 0 Å². The minimum atomic E-state index is -1.28. The maximum absolute atomic E-state index is 12.9. The van der Waals surface area contributed by atoms with Crippen LogP contribution in [0.5, 0.6) is 0 Å². The summed E-state index contributed by atoms with van der Waals surface area (Å²) in [4.78, 5) is 12.9. The van der Waals surface area contributed by atoms with Crippen molar-refractivity contribution >= 4 is 5.78 Å². The number of carbonyl (C=O) groups is 1. The van der Waals surface area contributed by atoms with Crippen LogP contribution in [0.4, 0.5) is 0 Å². The Morgan fingerprint density at radius 2 is 1.82 bits per heavy atom. The Morgan fingerprint density at radius 3 is 2.59 bits per heavy atom. The lowest BCUT2D eigenvalue weighted by molar-refractivity contribution is -0.211. The van der Waals surface area contributed by atoms with E-state index in [0.717, 1.165) is 19.3 Å². The van der Waals surface area contributed by atoms with Crippen molar-refractivity contribution in [3.63, 3.8) is 0 Å². The van der Waals surface area contributed by atoms with Crippen molar-refractivity contribution in [1.82, 2.24) is 0 Å². The smallest absolute Gasteiger partial charge is 0.165 e. The number of aliphatic hydroxyl groups excluding tert-OH is 1. The monoisotopic (exact) mass is 306 g/mol. The van der Waals surface area contributed by atoms with Crippen LogP contribution in [0, 0.1) is 28.6 Å². The van der Waals surface area contributed by atoms with E-state index in [0.29, 0.717) is 29.6 Å². The molecule has 2 N–H and O–H groups in total. The molecule has 22 heavy (non-hydrogen) atoms. The van der Waals surface area contributed by atoms with Crippen LogP contribution >= 0.6 is 0 Å². The van der Waals surface area contributed by atoms with Gasteiger partial charge in [-0.2, -0.15) is 0 Å². The van der Waals surface area contributed by atoms with Gasteiger partial charge in [0, 0.05) is 18.3 Å². The molecule has 0 bridgehead atoms. The summed E-state index contributed by atoms with van der Waals surface area (Å²) in [5.41, 5.74) is -1.17. The Kier molecular flexibility index (Phi) is 3.14. The molecule has 2 unspecified atom stereocenters. The van der Waals surface area contributed by atoms with E-state index in [1.165, 1.54) is 25.7 Å². The van der Waals surface area contributed by atoms with E-state index in [4.69, 9.17) is 0 Å². The standard InChI is InChI=1S/C19H30O3/c1-17-7-3-4-14(17)13-10-16(21)19(22)11-12(20)5-9-18(19,2)15(13)6-8-17/h12-15,20,22H,3-11H2,1-2H3/t12?,13-,14-,15+,17-,18+,19?/m0/s1. The van der Waals surface area contributed by atoms with Crippen LogP contribution in [-0.4, -0.2) is 27.7 Å². The highest BCUT2D eigenvalue weighted by Gasteiger charge is 2.66. The zero-order valence-electron chi connectivity index (χ0n) is 14.0. The molecule has 3 heteroatoms. The van der Waals surface area contributed by atoms with Gasteiger partial charge in [0.25, 0.3) is 0 Å². The van der Waals surface area contributed by atoms with Gasteiger partial charge in [-0.1, -0.05) is 20.3 Å². The first-order chi connectivity index (χ1) is 10.3. The molecule has 0 radical (unpaired) electrons. The number of rotatable bonds is 0. The first-order valence-corrected chi connectivity index (χ1v) is 9.24. The van der Waals surface area contributed by atoms with Gasteiger partial charge in [0.15, 0.2) is 5.78 Å². The van der Waals surface area contributed by atoms with Gasteiger partial charge in [0.2, 0.25) is 0 Å². The van der Waals surface area contributed by atoms with Crippen LogP contribution in [0.25, 0.3) is 0 Å². The second-order valence-electron chi connectivity index (χ2n) is 9.26. The molecule has 4 aliphatic carbocycles. The fourth-order valence-corrected chi connectivity index (χ4v) is 7.01. The number of ketones is 1. The molecule has 3 nitrogen and oxygen atoms in total. The molecule has 0 spiro atoms. The predicted molar refractivity (Wildman–Crippen MR) is 84.2 cm³/mol. The molecule has 0 amide bonds. The van der Waals surface area contributed by atoms with Crippen LogP contribution in [0.3, 0.4) is 0 Å². The van der Waals surface area contributed by atoms with Crippen molar-refractivity contribution in [3.8, 4) is 0 Å². The van der Waals surface area contributed by atoms with E-state index in [1.807, 2.05) is 0 Å². The molecule has 0 aromatic heterocycles. The molecule has 4 saturated carbocycles. The number of Topliss-reactive ketones (excluding diaryl/α,β-unsaturated/α-hetero) is 1. The number of fused-ring (bicyclic) bond motifs is 5. The van der Waals surface area contributed by atoms with Gasteiger partial charge in [-0.25, -0.2) is 0 Å². The molecular formula is C19H30O3. The van der Waals surface area contributed by atoms with Crippen molar-refractivity contribution in [2.75, 3.05) is 0 Å². The second kappa shape index (κ2) is 4.57. The number of hydrogen-bond acceptors (Lipinski definition) is 3. The van der Waals surface area contributed by atoms with Crippen molar-refractivity contribution in [2.45, 2.75) is 83.3 Å². The normalized spacial score (nSPS) is 57.9. The van der Waals surface area contributed by atoms with Crippen LogP contribution < -0.4 is 0 Å². The summed E-state index contributed by atoms with van der Waals surface area (Å²) in [5, 5.41) is 21.2. The van der Waals surface area contributed by atoms with E-state index >= 15 is 0 Å². The third kappa shape index (κ3) is 1.73. The molecule has 7 atom stereocenters. The maximum Gasteiger partial charge on any atom is 0.165 e. The number of carbonyl (C=O) groups excluding carboxylic acids is 1. The average Bonchev–Trinajstić information content (AvgIpc) is 2.84. The maximum atomic E-state index is 12.9. The van der Waals surface area contributed by atoms with Gasteiger partial charge >= 0.3 is 0 Å². The van der Waals surface area contributed by atoms with E-state index in [2.05, 4.69) is 13.8 Å². The van der Waals surface area contributed by atoms with Crippen molar-refractivity contribution in [3.05, 3.63) is 0 Å². The van der Waals surface area contributed by atoms with Gasteiger partial charge < -0.3 is 10.2 Å². The molecule has 4 aliphatic rings. The van der Waals surface area contributed by atoms with Gasteiger partial charge in [-0.15, -0.1) is 0 Å². The van der Waals surface area contributed by atoms with Gasteiger partial charge in [-0.05, 0) is 61.7 Å². The Bertz CT molecular complexity index is 503. The second-order valence-corrected chi connectivity index (χ2v) is 9.26. The number of aliphatic hydroxyl groups is 2. The Hall–Kier alpha value is -0.410. The molecule has 4 fully saturated rings. The minimum Gasteiger partial charge on any atom is -0.393 e. The molecule has 0 aliphatic heterocycles. The Balaban J connectivity index is 1.73. The zero-order valence-corrected chi connectivity index (χ0v) is 14.0. The topological polar surface area (TPSA) is 57.5 Å². The molecule has 0 aromatic carbocycles. The van der Waals surface area contributed by atoms with Gasteiger partial charge in [0.1, 0.15) is 5.60 Å². The average molecular weight is 306 g/mol. The summed E-state index contributed by atoms with van der Waals surface area (Å²) < 4.78 is 0. The van der Waals surface area contributed by atoms with Crippen molar-refractivity contribution < 1.29 is 15.0 Å². The summed E-state index contributed by atoms with van der Waals surface area (Å²) in [7, 11) is 0. The minimum absolute atomic E-state index is 0.0196. The summed E-state index contributed by atoms with van der Waals surface area (Å²) in [6.45, 7) is 4.57. The first kappa shape index (κ1) is 15.1. The molecular weight excluding hydrogens is 276 g/mol. The molecule has 124 valence electrons. The third-order valence-electron chi connectivity index (χ3n) is 8.39. The van der Waals surface area contributed by atoms with Crippen LogP contribution in [0.2, 0.25) is 0 Å². The van der Waals surface area contributed by atoms with Crippen LogP contribution in [0.15, 0.2) is 0 Å². The lowest BCUT2D eigenvalue weighted by Gasteiger charge is -2.62. The highest BCUT2D eigenvalue weighted by Crippen LogP contribution is 2.66. The highest BCUT2D eigenvalue weighted by atomic mass is 16.3. The lowest BCUT2D eigenvalue weighted by Crippen LogP contribution is -2.66. The third-order valence-corrected chi connectivity index (χ3v) is 8.39. The highest BCUT2D eigenvalue weighted by molar-refractivity contribution is 5.89. The summed E-state index contributed by atoms with van der Waals surface area (Å²) >= 11 is 0. The summed E-state index contributed by atoms with van der Waals surface area (Å²) in [5.74, 6) is 1.61. The van der Waals surface area contributed by atoms with Crippen molar-refractivity contribution in [2.24, 2.45) is 28.6 Å². The van der Waals surface area contributed by atoms with Gasteiger partial charge in [0.05, 0.1) is 6.10 Å². The zero-order chi connectivity index (χ0) is 15.8. The van der Waals surface area contributed by atoms with E-state index < -0.39 is 11.7 Å². The van der Waals surface area contributed by atoms with E-state index in [-0.39, 0.29) is 17.6 Å². The van der Waals surface area contributed by atoms with Crippen molar-refractivity contribution in [1.29, 1.82) is 0 Å². The number of hydrogen-bond donors (Lipinski definition) is 2. The quantitative estimate of drug-likeness (QED) is 0.723. The summed E-state index contributed by atoms with van der Waals surface area (Å²) in [6.07, 6.45) is 8.10. The first-order valence-electron chi connectivity index (χ1n) is 9.24. The van der Waals surface area contributed by atoms with Gasteiger partial charge in [-0.3, -0.25) is 4.79 Å². The van der Waals surface area contributed by atoms with Crippen LogP contribution in [0.1, 0.15) is 71.6 Å². The Morgan fingerprint density at radius 1 is 1.05 bits per heavy atom. The summed E-state index contributed by atoms with van der Waals surface area (Å²) in [6, 6.07) is 0. The molecule has 4 rings (SSSR count). The fourth-order valence-electron chi connectivity index (χ4n) is 7.01. The van der Waals surface area contributed by atoms with E-state index in [9.17, 15) is 15.0 Å². The lowest BCUT2D eigenvalue weighted by atomic mass is 9.43. The SMILES string of the molecule is C[C@@]12CCC[C@H]1[C@@H]1CC(=O)C3(O)CC(O)CC[C@]3(C)[C@@H]1CC2. The predicted octanol–water partition coefficient (Wildman–Crippen LogP) is 3.07.